The topological polar surface area (TPSA) is 112 Å². The van der Waals surface area contributed by atoms with Crippen molar-refractivity contribution in [2.24, 2.45) is 0 Å². The summed E-state index contributed by atoms with van der Waals surface area (Å²) >= 11 is 0. The fourth-order valence-electron chi connectivity index (χ4n) is 4.15. The molecule has 0 spiro atoms. The smallest absolute Gasteiger partial charge is 0.291 e. The van der Waals surface area contributed by atoms with Gasteiger partial charge in [0.05, 0.1) is 17.1 Å². The number of benzene rings is 1. The number of hydrogen-bond acceptors (Lipinski definition) is 5. The lowest BCUT2D eigenvalue weighted by molar-refractivity contribution is 0.0263. The fourth-order valence-corrected chi connectivity index (χ4v) is 5.65. The number of rotatable bonds is 4. The lowest BCUT2D eigenvalue weighted by Gasteiger charge is -2.33. The summed E-state index contributed by atoms with van der Waals surface area (Å²) in [6.45, 7) is 0. The number of carbonyl (C=O) groups is 1. The molecule has 2 aliphatic rings. The number of nitrogens with zero attached hydrogens (tertiary/aromatic N) is 1. The van der Waals surface area contributed by atoms with E-state index in [2.05, 4.69) is 27.3 Å². The van der Waals surface area contributed by atoms with Crippen molar-refractivity contribution < 1.29 is 18.3 Å². The summed E-state index contributed by atoms with van der Waals surface area (Å²) < 4.78 is 23.7. The zero-order chi connectivity index (χ0) is 22.1. The fraction of sp³-hybridized carbons (Fsp3) is 0.391. The lowest BCUT2D eigenvalue weighted by Crippen LogP contribution is -2.37. The van der Waals surface area contributed by atoms with Crippen molar-refractivity contribution in [1.29, 1.82) is 0 Å². The zero-order valence-corrected chi connectivity index (χ0v) is 18.0. The number of terminal acetylenes is 1. The Hall–Kier alpha value is -2.89. The highest BCUT2D eigenvalue weighted by atomic mass is 32.2. The van der Waals surface area contributed by atoms with Gasteiger partial charge in [0.15, 0.2) is 15.7 Å². The van der Waals surface area contributed by atoms with Crippen LogP contribution < -0.4 is 5.32 Å². The number of anilines is 1. The molecule has 8 heteroatoms. The summed E-state index contributed by atoms with van der Waals surface area (Å²) in [6, 6.07) is 5.42. The third-order valence-corrected chi connectivity index (χ3v) is 7.69. The Balaban J connectivity index is 1.67. The average Bonchev–Trinajstić information content (AvgIpc) is 3.26. The highest BCUT2D eigenvalue weighted by Crippen LogP contribution is 2.39. The van der Waals surface area contributed by atoms with Gasteiger partial charge in [-0.05, 0) is 67.7 Å². The molecule has 1 saturated heterocycles. The van der Waals surface area contributed by atoms with Crippen LogP contribution in [0.2, 0.25) is 0 Å². The van der Waals surface area contributed by atoms with E-state index in [1.165, 1.54) is 6.20 Å². The molecule has 1 aliphatic carbocycles. The Morgan fingerprint density at radius 2 is 2.03 bits per heavy atom. The maximum atomic E-state index is 12.7. The molecule has 1 amide bonds. The zero-order valence-electron chi connectivity index (χ0n) is 17.1. The molecule has 1 aromatic carbocycles. The molecule has 1 aromatic heterocycles. The van der Waals surface area contributed by atoms with Crippen LogP contribution in [0.3, 0.4) is 0 Å². The van der Waals surface area contributed by atoms with Gasteiger partial charge in [-0.2, -0.15) is 0 Å². The van der Waals surface area contributed by atoms with Crippen LogP contribution in [0.15, 0.2) is 30.5 Å². The predicted octanol–water partition coefficient (Wildman–Crippen LogP) is 3.00. The van der Waals surface area contributed by atoms with E-state index in [1.807, 2.05) is 6.07 Å². The number of imidazole rings is 1. The van der Waals surface area contributed by atoms with Crippen LogP contribution in [0.4, 0.5) is 5.69 Å². The van der Waals surface area contributed by atoms with Gasteiger partial charge in [-0.1, -0.05) is 12.1 Å². The van der Waals surface area contributed by atoms with Crippen molar-refractivity contribution in [3.05, 3.63) is 53.1 Å². The minimum atomic E-state index is -3.10. The third kappa shape index (κ3) is 4.58. The molecule has 0 atom stereocenters. The second kappa shape index (κ2) is 8.33. The number of sulfone groups is 1. The van der Waals surface area contributed by atoms with E-state index in [-0.39, 0.29) is 30.2 Å². The van der Waals surface area contributed by atoms with Crippen LogP contribution in [0.5, 0.6) is 0 Å². The van der Waals surface area contributed by atoms with Gasteiger partial charge in [-0.25, -0.2) is 13.4 Å². The number of allylic oxidation sites excluding steroid dienone is 2. The molecular weight excluding hydrogens is 414 g/mol. The van der Waals surface area contributed by atoms with Crippen LogP contribution in [0.25, 0.3) is 5.57 Å². The first-order chi connectivity index (χ1) is 14.8. The largest absolute Gasteiger partial charge is 0.385 e. The van der Waals surface area contributed by atoms with E-state index < -0.39 is 21.3 Å². The normalized spacial score (nSPS) is 19.8. The van der Waals surface area contributed by atoms with Gasteiger partial charge < -0.3 is 15.4 Å². The van der Waals surface area contributed by atoms with Crippen LogP contribution in [-0.2, 0) is 15.4 Å². The summed E-state index contributed by atoms with van der Waals surface area (Å²) in [7, 11) is -3.10. The van der Waals surface area contributed by atoms with Crippen molar-refractivity contribution >= 4 is 27.0 Å². The summed E-state index contributed by atoms with van der Waals surface area (Å²) in [5.41, 5.74) is 2.41. The summed E-state index contributed by atoms with van der Waals surface area (Å²) in [5, 5.41) is 14.1. The van der Waals surface area contributed by atoms with Crippen LogP contribution in [0, 0.1) is 12.3 Å². The number of carbonyl (C=O) groups excluding carboxylic acids is 1. The molecule has 7 nitrogen and oxygen atoms in total. The number of H-pyrrole nitrogens is 1. The molecule has 2 aromatic rings. The number of aromatic amines is 1. The molecule has 0 unspecified atom stereocenters. The van der Waals surface area contributed by atoms with Crippen molar-refractivity contribution in [3.63, 3.8) is 0 Å². The maximum absolute atomic E-state index is 12.7. The minimum absolute atomic E-state index is 0.0317. The van der Waals surface area contributed by atoms with E-state index in [9.17, 15) is 18.3 Å². The Kier molecular flexibility index (Phi) is 5.73. The van der Waals surface area contributed by atoms with Gasteiger partial charge >= 0.3 is 0 Å². The number of hydrogen-bond donors (Lipinski definition) is 3. The van der Waals surface area contributed by atoms with Crippen molar-refractivity contribution in [1.82, 2.24) is 9.97 Å². The molecule has 1 fully saturated rings. The van der Waals surface area contributed by atoms with Crippen LogP contribution in [-0.4, -0.2) is 40.9 Å². The molecule has 4 rings (SSSR count). The first-order valence-corrected chi connectivity index (χ1v) is 12.2. The Morgan fingerprint density at radius 1 is 1.26 bits per heavy atom. The van der Waals surface area contributed by atoms with E-state index in [0.717, 1.165) is 36.8 Å². The highest BCUT2D eigenvalue weighted by molar-refractivity contribution is 7.91. The molecule has 1 aliphatic heterocycles. The number of aliphatic hydroxyl groups is 1. The third-order valence-electron chi connectivity index (χ3n) is 6.04. The van der Waals surface area contributed by atoms with Gasteiger partial charge in [0.1, 0.15) is 5.69 Å². The molecule has 2 heterocycles. The molecule has 31 heavy (non-hydrogen) atoms. The Morgan fingerprint density at radius 3 is 2.68 bits per heavy atom. The van der Waals surface area contributed by atoms with E-state index in [0.29, 0.717) is 16.9 Å². The lowest BCUT2D eigenvalue weighted by atomic mass is 9.84. The number of amides is 1. The Labute approximate surface area is 181 Å². The van der Waals surface area contributed by atoms with Crippen molar-refractivity contribution in [2.75, 3.05) is 16.8 Å². The van der Waals surface area contributed by atoms with Crippen molar-refractivity contribution in [3.8, 4) is 12.3 Å². The molecule has 162 valence electrons. The van der Waals surface area contributed by atoms with Crippen LogP contribution >= 0.6 is 0 Å². The first kappa shape index (κ1) is 21.3. The summed E-state index contributed by atoms with van der Waals surface area (Å²) in [5.74, 6) is 2.03. The number of aromatic nitrogens is 2. The summed E-state index contributed by atoms with van der Waals surface area (Å²) in [4.78, 5) is 19.5. The standard InChI is InChI=1S/C23H25N3O4S/c1-2-18-15-24-21(25-18)22(27)26-20-9-8-17(14-19(20)16-6-4-3-5-7-16)23(28)10-12-31(29,30)13-11-23/h1,6,8-9,14-15,28H,3-5,7,10-13H2,(H,24,25)(H,26,27). The average molecular weight is 440 g/mol. The van der Waals surface area contributed by atoms with Gasteiger partial charge in [0.2, 0.25) is 0 Å². The molecular formula is C23H25N3O4S. The van der Waals surface area contributed by atoms with E-state index >= 15 is 0 Å². The predicted molar refractivity (Wildman–Crippen MR) is 119 cm³/mol. The van der Waals surface area contributed by atoms with Gasteiger partial charge in [-0.15, -0.1) is 6.42 Å². The quantitative estimate of drug-likeness (QED) is 0.634. The summed E-state index contributed by atoms with van der Waals surface area (Å²) in [6.07, 6.45) is 13.3. The minimum Gasteiger partial charge on any atom is -0.385 e. The molecule has 0 radical (unpaired) electrons. The maximum Gasteiger partial charge on any atom is 0.291 e. The van der Waals surface area contributed by atoms with Crippen LogP contribution in [0.1, 0.15) is 66.0 Å². The highest BCUT2D eigenvalue weighted by Gasteiger charge is 2.37. The molecule has 3 N–H and O–H groups in total. The first-order valence-electron chi connectivity index (χ1n) is 10.4. The number of nitrogens with one attached hydrogen (secondary N) is 2. The van der Waals surface area contributed by atoms with Gasteiger partial charge in [0.25, 0.3) is 5.91 Å². The van der Waals surface area contributed by atoms with Gasteiger partial charge in [-0.3, -0.25) is 4.79 Å². The van der Waals surface area contributed by atoms with E-state index in [1.54, 1.807) is 12.1 Å². The van der Waals surface area contributed by atoms with Crippen molar-refractivity contribution in [2.45, 2.75) is 44.1 Å². The monoisotopic (exact) mass is 439 g/mol. The SMILES string of the molecule is C#Cc1c[nH]c(C(=O)Nc2ccc(C3(O)CCS(=O)(=O)CC3)cc2C2=CCCCC2)n1. The second-order valence-electron chi connectivity index (χ2n) is 8.15. The molecule has 0 saturated carbocycles. The second-order valence-corrected chi connectivity index (χ2v) is 10.5. The van der Waals surface area contributed by atoms with E-state index in [4.69, 9.17) is 6.42 Å². The van der Waals surface area contributed by atoms with Gasteiger partial charge in [0, 0.05) is 17.4 Å². The molecule has 0 bridgehead atoms. The Bertz CT molecular complexity index is 1170.